The summed E-state index contributed by atoms with van der Waals surface area (Å²) in [4.78, 5) is 10.5. The number of aromatic nitrogens is 2. The average molecular weight is 435 g/mol. The Hall–Kier alpha value is -3.50. The SMILES string of the molecule is CC(C)(C)c1cc(-c2nccc3sc(-c4cnc5ccoc5c4)cc23)cc2ccccc12. The first-order chi connectivity index (χ1) is 15.5. The van der Waals surface area contributed by atoms with Gasteiger partial charge in [0.1, 0.15) is 5.52 Å². The molecule has 2 aromatic carbocycles. The third kappa shape index (κ3) is 3.10. The number of furan rings is 1. The third-order valence-electron chi connectivity index (χ3n) is 5.98. The van der Waals surface area contributed by atoms with Gasteiger partial charge in [-0.15, -0.1) is 11.3 Å². The van der Waals surface area contributed by atoms with Gasteiger partial charge in [0.2, 0.25) is 0 Å². The summed E-state index contributed by atoms with van der Waals surface area (Å²) in [6.45, 7) is 6.81. The van der Waals surface area contributed by atoms with Gasteiger partial charge in [0.15, 0.2) is 5.58 Å². The fourth-order valence-corrected chi connectivity index (χ4v) is 5.42. The van der Waals surface area contributed by atoms with E-state index in [0.29, 0.717) is 0 Å². The average Bonchev–Trinajstić information content (AvgIpc) is 3.43. The van der Waals surface area contributed by atoms with Crippen LogP contribution in [0, 0.1) is 0 Å². The van der Waals surface area contributed by atoms with E-state index in [9.17, 15) is 0 Å². The summed E-state index contributed by atoms with van der Waals surface area (Å²) in [7, 11) is 0. The normalized spacial score (nSPS) is 12.2. The Balaban J connectivity index is 1.56. The van der Waals surface area contributed by atoms with Crippen molar-refractivity contribution in [3.63, 3.8) is 0 Å². The molecule has 3 nitrogen and oxygen atoms in total. The smallest absolute Gasteiger partial charge is 0.152 e. The molecule has 0 fully saturated rings. The minimum atomic E-state index is 0.0352. The Morgan fingerprint density at radius 3 is 2.59 bits per heavy atom. The van der Waals surface area contributed by atoms with Gasteiger partial charge in [-0.25, -0.2) is 0 Å². The van der Waals surface area contributed by atoms with Gasteiger partial charge in [0.05, 0.1) is 12.0 Å². The van der Waals surface area contributed by atoms with E-state index in [1.807, 2.05) is 18.5 Å². The molecule has 6 aromatic rings. The molecular formula is C28H22N2OS. The molecule has 4 aromatic heterocycles. The molecule has 0 atom stereocenters. The van der Waals surface area contributed by atoms with Crippen LogP contribution >= 0.6 is 11.3 Å². The predicted molar refractivity (Wildman–Crippen MR) is 134 cm³/mol. The minimum Gasteiger partial charge on any atom is -0.463 e. The van der Waals surface area contributed by atoms with E-state index in [-0.39, 0.29) is 5.41 Å². The molecule has 0 radical (unpaired) electrons. The quantitative estimate of drug-likeness (QED) is 0.275. The highest BCUT2D eigenvalue weighted by Crippen LogP contribution is 2.40. The van der Waals surface area contributed by atoms with E-state index in [1.54, 1.807) is 17.6 Å². The molecule has 0 aliphatic carbocycles. The zero-order valence-electron chi connectivity index (χ0n) is 18.2. The van der Waals surface area contributed by atoms with Crippen LogP contribution in [0.1, 0.15) is 26.3 Å². The van der Waals surface area contributed by atoms with E-state index in [2.05, 4.69) is 80.4 Å². The maximum absolute atomic E-state index is 5.56. The summed E-state index contributed by atoms with van der Waals surface area (Å²) in [6, 6.07) is 21.5. The van der Waals surface area contributed by atoms with E-state index < -0.39 is 0 Å². The minimum absolute atomic E-state index is 0.0352. The molecule has 0 aliphatic heterocycles. The molecule has 32 heavy (non-hydrogen) atoms. The molecule has 0 saturated carbocycles. The van der Waals surface area contributed by atoms with Crippen molar-refractivity contribution < 1.29 is 4.42 Å². The first-order valence-electron chi connectivity index (χ1n) is 10.7. The monoisotopic (exact) mass is 434 g/mol. The van der Waals surface area contributed by atoms with E-state index in [0.717, 1.165) is 32.8 Å². The number of nitrogens with zero attached hydrogens (tertiary/aromatic N) is 2. The van der Waals surface area contributed by atoms with Gasteiger partial charge in [-0.3, -0.25) is 9.97 Å². The van der Waals surface area contributed by atoms with Crippen molar-refractivity contribution in [1.82, 2.24) is 9.97 Å². The molecule has 0 amide bonds. The van der Waals surface area contributed by atoms with Crippen LogP contribution in [-0.4, -0.2) is 9.97 Å². The van der Waals surface area contributed by atoms with Gasteiger partial charge in [0.25, 0.3) is 0 Å². The molecule has 0 aliphatic rings. The summed E-state index contributed by atoms with van der Waals surface area (Å²) in [5, 5.41) is 3.72. The topological polar surface area (TPSA) is 38.9 Å². The van der Waals surface area contributed by atoms with Crippen LogP contribution in [0.3, 0.4) is 0 Å². The van der Waals surface area contributed by atoms with Crippen LogP contribution in [0.5, 0.6) is 0 Å². The number of hydrogen-bond acceptors (Lipinski definition) is 4. The zero-order valence-corrected chi connectivity index (χ0v) is 19.0. The zero-order chi connectivity index (χ0) is 21.9. The summed E-state index contributed by atoms with van der Waals surface area (Å²) >= 11 is 1.76. The Morgan fingerprint density at radius 2 is 1.72 bits per heavy atom. The van der Waals surface area contributed by atoms with Crippen molar-refractivity contribution in [1.29, 1.82) is 0 Å². The van der Waals surface area contributed by atoms with Crippen molar-refractivity contribution >= 4 is 43.3 Å². The fourth-order valence-electron chi connectivity index (χ4n) is 4.38. The summed E-state index contributed by atoms with van der Waals surface area (Å²) < 4.78 is 6.78. The molecular weight excluding hydrogens is 412 g/mol. The molecule has 0 unspecified atom stereocenters. The Kier molecular flexibility index (Phi) is 4.21. The summed E-state index contributed by atoms with van der Waals surface area (Å²) in [5.41, 5.74) is 6.30. The lowest BCUT2D eigenvalue weighted by molar-refractivity contribution is 0.596. The van der Waals surface area contributed by atoms with Gasteiger partial charge in [-0.05, 0) is 52.1 Å². The molecule has 0 saturated heterocycles. The highest BCUT2D eigenvalue weighted by atomic mass is 32.1. The molecule has 4 heterocycles. The lowest BCUT2D eigenvalue weighted by Crippen LogP contribution is -2.12. The number of thiophene rings is 1. The number of pyridine rings is 2. The van der Waals surface area contributed by atoms with Crippen molar-refractivity contribution in [3.8, 4) is 21.7 Å². The van der Waals surface area contributed by atoms with Gasteiger partial charge >= 0.3 is 0 Å². The number of fused-ring (bicyclic) bond motifs is 3. The number of hydrogen-bond donors (Lipinski definition) is 0. The van der Waals surface area contributed by atoms with E-state index in [1.165, 1.54) is 26.4 Å². The third-order valence-corrected chi connectivity index (χ3v) is 7.13. The number of benzene rings is 2. The molecule has 0 N–H and O–H groups in total. The van der Waals surface area contributed by atoms with Crippen LogP contribution in [0.2, 0.25) is 0 Å². The van der Waals surface area contributed by atoms with Gasteiger partial charge < -0.3 is 4.42 Å². The lowest BCUT2D eigenvalue weighted by atomic mass is 9.82. The second kappa shape index (κ2) is 7.01. The van der Waals surface area contributed by atoms with Crippen LogP contribution < -0.4 is 0 Å². The van der Waals surface area contributed by atoms with Crippen molar-refractivity contribution in [2.45, 2.75) is 26.2 Å². The van der Waals surface area contributed by atoms with Gasteiger partial charge in [-0.1, -0.05) is 45.0 Å². The van der Waals surface area contributed by atoms with E-state index >= 15 is 0 Å². The molecule has 0 spiro atoms. The first kappa shape index (κ1) is 19.2. The maximum atomic E-state index is 5.56. The van der Waals surface area contributed by atoms with E-state index in [4.69, 9.17) is 9.40 Å². The van der Waals surface area contributed by atoms with Gasteiger partial charge in [-0.2, -0.15) is 0 Å². The second-order valence-corrected chi connectivity index (χ2v) is 10.3. The predicted octanol–water partition coefficient (Wildman–Crippen LogP) is 8.22. The Morgan fingerprint density at radius 1 is 0.844 bits per heavy atom. The molecule has 156 valence electrons. The Bertz CT molecular complexity index is 1620. The molecule has 6 rings (SSSR count). The largest absolute Gasteiger partial charge is 0.463 e. The van der Waals surface area contributed by atoms with Crippen LogP contribution in [0.25, 0.3) is 53.7 Å². The molecule has 0 bridgehead atoms. The molecule has 4 heteroatoms. The lowest BCUT2D eigenvalue weighted by Gasteiger charge is -2.22. The van der Waals surface area contributed by atoms with Crippen LogP contribution in [0.15, 0.2) is 83.7 Å². The van der Waals surface area contributed by atoms with Gasteiger partial charge in [0, 0.05) is 44.6 Å². The highest BCUT2D eigenvalue weighted by molar-refractivity contribution is 7.22. The van der Waals surface area contributed by atoms with Crippen LogP contribution in [0.4, 0.5) is 0 Å². The summed E-state index contributed by atoms with van der Waals surface area (Å²) in [6.07, 6.45) is 5.52. The first-order valence-corrected chi connectivity index (χ1v) is 11.5. The van der Waals surface area contributed by atoms with Crippen molar-refractivity contribution in [2.75, 3.05) is 0 Å². The van der Waals surface area contributed by atoms with Crippen LogP contribution in [-0.2, 0) is 5.41 Å². The van der Waals surface area contributed by atoms with Crippen molar-refractivity contribution in [3.05, 3.63) is 84.9 Å². The fraction of sp³-hybridized carbons (Fsp3) is 0.143. The second-order valence-electron chi connectivity index (χ2n) is 9.20. The highest BCUT2D eigenvalue weighted by Gasteiger charge is 2.20. The maximum Gasteiger partial charge on any atom is 0.152 e. The standard InChI is InChI=1S/C28H22N2OS/c1-28(2,3)22-13-18(12-17-6-4-5-7-20(17)22)27-21-15-26(32-25(21)8-10-29-27)19-14-24-23(30-16-19)9-11-31-24/h4-16H,1-3H3. The Labute approximate surface area is 190 Å². The summed E-state index contributed by atoms with van der Waals surface area (Å²) in [5.74, 6) is 0. The number of rotatable bonds is 2. The van der Waals surface area contributed by atoms with Crippen molar-refractivity contribution in [2.24, 2.45) is 0 Å².